The van der Waals surface area contributed by atoms with Gasteiger partial charge in [0.1, 0.15) is 0 Å². The highest BCUT2D eigenvalue weighted by atomic mass is 32.2. The average molecular weight is 309 g/mol. The van der Waals surface area contributed by atoms with Crippen molar-refractivity contribution in [1.29, 1.82) is 0 Å². The Bertz CT molecular complexity index is 681. The predicted octanol–water partition coefficient (Wildman–Crippen LogP) is 2.59. The first-order chi connectivity index (χ1) is 9.78. The Morgan fingerprint density at radius 3 is 1.95 bits per heavy atom. The summed E-state index contributed by atoms with van der Waals surface area (Å²) >= 11 is 0. The molecule has 0 radical (unpaired) electrons. The predicted molar refractivity (Wildman–Crippen MR) is 79.8 cm³/mol. The van der Waals surface area contributed by atoms with Gasteiger partial charge < -0.3 is 5.11 Å². The van der Waals surface area contributed by atoms with Crippen LogP contribution < -0.4 is 4.72 Å². The molecule has 0 aromatic heterocycles. The minimum Gasteiger partial charge on any atom is -0.478 e. The summed E-state index contributed by atoms with van der Waals surface area (Å²) in [4.78, 5) is 10.3. The maximum atomic E-state index is 10.3. The number of para-hydroxylation sites is 1. The molecule has 7 heteroatoms. The molecule has 0 saturated carbocycles. The van der Waals surface area contributed by atoms with Gasteiger partial charge in [-0.2, -0.15) is 8.42 Å². The zero-order valence-electron chi connectivity index (χ0n) is 11.2. The molecule has 2 rings (SSSR count). The van der Waals surface area contributed by atoms with Crippen LogP contribution in [0.2, 0.25) is 0 Å². The number of aromatic carboxylic acids is 1. The molecule has 0 fully saturated rings. The number of hydrogen-bond acceptors (Lipinski definition) is 3. The molecule has 0 atom stereocenters. The summed E-state index contributed by atoms with van der Waals surface area (Å²) in [5.41, 5.74) is 1.76. The van der Waals surface area contributed by atoms with Crippen molar-refractivity contribution in [3.05, 3.63) is 65.7 Å². The summed E-state index contributed by atoms with van der Waals surface area (Å²) in [7, 11) is -4.13. The zero-order valence-corrected chi connectivity index (χ0v) is 12.0. The molecule has 21 heavy (non-hydrogen) atoms. The molecule has 0 unspecified atom stereocenters. The SMILES string of the molecule is Cc1ccc(C(=O)O)cc1.O=S(=O)(O)Nc1ccccc1. The van der Waals surface area contributed by atoms with Crippen molar-refractivity contribution in [2.75, 3.05) is 4.72 Å². The molecule has 112 valence electrons. The topological polar surface area (TPSA) is 104 Å². The highest BCUT2D eigenvalue weighted by Crippen LogP contribution is 2.05. The van der Waals surface area contributed by atoms with E-state index in [9.17, 15) is 13.2 Å². The van der Waals surface area contributed by atoms with Crippen LogP contribution in [-0.4, -0.2) is 24.0 Å². The van der Waals surface area contributed by atoms with Crippen LogP contribution in [0.3, 0.4) is 0 Å². The van der Waals surface area contributed by atoms with Crippen LogP contribution in [0.25, 0.3) is 0 Å². The third-order valence-corrected chi connectivity index (χ3v) is 2.81. The number of nitrogens with one attached hydrogen (secondary N) is 1. The second-order valence-corrected chi connectivity index (χ2v) is 5.27. The molecule has 2 aromatic carbocycles. The van der Waals surface area contributed by atoms with Crippen molar-refractivity contribution in [2.24, 2.45) is 0 Å². The van der Waals surface area contributed by atoms with Crippen LogP contribution in [0.1, 0.15) is 15.9 Å². The van der Waals surface area contributed by atoms with E-state index in [-0.39, 0.29) is 0 Å². The highest BCUT2D eigenvalue weighted by Gasteiger charge is 2.01. The van der Waals surface area contributed by atoms with Gasteiger partial charge in [0.25, 0.3) is 0 Å². The summed E-state index contributed by atoms with van der Waals surface area (Å²) in [5.74, 6) is -0.875. The van der Waals surface area contributed by atoms with Gasteiger partial charge in [0.05, 0.1) is 11.3 Å². The van der Waals surface area contributed by atoms with E-state index in [1.54, 1.807) is 42.5 Å². The maximum absolute atomic E-state index is 10.3. The number of aryl methyl sites for hydroxylation is 1. The normalized spacial score (nSPS) is 10.2. The average Bonchev–Trinajstić information content (AvgIpc) is 2.39. The third kappa shape index (κ3) is 7.09. The zero-order chi connectivity index (χ0) is 15.9. The lowest BCUT2D eigenvalue weighted by molar-refractivity contribution is 0.0697. The van der Waals surface area contributed by atoms with Crippen LogP contribution in [0.4, 0.5) is 5.69 Å². The maximum Gasteiger partial charge on any atom is 0.357 e. The molecule has 0 bridgehead atoms. The lowest BCUT2D eigenvalue weighted by Crippen LogP contribution is -2.09. The van der Waals surface area contributed by atoms with E-state index in [1.807, 2.05) is 11.6 Å². The lowest BCUT2D eigenvalue weighted by Gasteiger charge is -1.99. The van der Waals surface area contributed by atoms with Gasteiger partial charge in [0.2, 0.25) is 0 Å². The van der Waals surface area contributed by atoms with Gasteiger partial charge in [0, 0.05) is 0 Å². The summed E-state index contributed by atoms with van der Waals surface area (Å²) in [6.45, 7) is 1.92. The summed E-state index contributed by atoms with van der Waals surface area (Å²) in [6, 6.07) is 14.9. The van der Waals surface area contributed by atoms with E-state index in [0.717, 1.165) is 5.56 Å². The first-order valence-corrected chi connectivity index (χ1v) is 7.32. The van der Waals surface area contributed by atoms with Crippen molar-refractivity contribution < 1.29 is 22.9 Å². The minimum absolute atomic E-state index is 0.339. The Balaban J connectivity index is 0.000000211. The van der Waals surface area contributed by atoms with E-state index in [2.05, 4.69) is 0 Å². The van der Waals surface area contributed by atoms with Gasteiger partial charge in [-0.15, -0.1) is 0 Å². The van der Waals surface area contributed by atoms with Gasteiger partial charge in [-0.3, -0.25) is 9.27 Å². The van der Waals surface area contributed by atoms with E-state index < -0.39 is 16.3 Å². The Morgan fingerprint density at radius 2 is 1.52 bits per heavy atom. The van der Waals surface area contributed by atoms with Crippen molar-refractivity contribution >= 4 is 22.0 Å². The third-order valence-electron chi connectivity index (χ3n) is 2.32. The standard InChI is InChI=1S/C8H8O2.C6H7NO3S/c1-6-2-4-7(5-3-6)8(9)10;8-11(9,10)7-6-4-2-1-3-5-6/h2-5H,1H3,(H,9,10);1-5,7H,(H,8,9,10). The Morgan fingerprint density at radius 1 is 1.00 bits per heavy atom. The van der Waals surface area contributed by atoms with Crippen molar-refractivity contribution in [3.63, 3.8) is 0 Å². The van der Waals surface area contributed by atoms with Gasteiger partial charge in [-0.05, 0) is 31.2 Å². The van der Waals surface area contributed by atoms with Gasteiger partial charge >= 0.3 is 16.3 Å². The van der Waals surface area contributed by atoms with Crippen LogP contribution in [0, 0.1) is 6.92 Å². The number of carboxylic acids is 1. The summed E-state index contributed by atoms with van der Waals surface area (Å²) in [6.07, 6.45) is 0. The molecule has 0 amide bonds. The number of hydrogen-bond donors (Lipinski definition) is 3. The van der Waals surface area contributed by atoms with E-state index >= 15 is 0 Å². The van der Waals surface area contributed by atoms with Gasteiger partial charge in [0.15, 0.2) is 0 Å². The smallest absolute Gasteiger partial charge is 0.357 e. The quantitative estimate of drug-likeness (QED) is 0.756. The number of carbonyl (C=O) groups is 1. The van der Waals surface area contributed by atoms with Gasteiger partial charge in [-0.1, -0.05) is 35.9 Å². The van der Waals surface area contributed by atoms with E-state index in [0.29, 0.717) is 11.3 Å². The Kier molecular flexibility index (Phi) is 5.89. The molecular formula is C14H15NO5S. The number of carboxylic acid groups (broad SMARTS) is 1. The molecule has 0 heterocycles. The molecule has 0 saturated heterocycles. The lowest BCUT2D eigenvalue weighted by atomic mass is 10.2. The first kappa shape index (κ1) is 16.7. The molecule has 0 aliphatic carbocycles. The molecule has 3 N–H and O–H groups in total. The summed E-state index contributed by atoms with van der Waals surface area (Å²) in [5, 5.41) is 8.48. The van der Waals surface area contributed by atoms with Crippen molar-refractivity contribution in [3.8, 4) is 0 Å². The number of rotatable bonds is 3. The number of benzene rings is 2. The van der Waals surface area contributed by atoms with Crippen LogP contribution in [-0.2, 0) is 10.3 Å². The van der Waals surface area contributed by atoms with Crippen molar-refractivity contribution in [1.82, 2.24) is 0 Å². The second kappa shape index (κ2) is 7.41. The van der Waals surface area contributed by atoms with Crippen LogP contribution >= 0.6 is 0 Å². The van der Waals surface area contributed by atoms with Crippen LogP contribution in [0.15, 0.2) is 54.6 Å². The molecular weight excluding hydrogens is 294 g/mol. The molecule has 0 aliphatic heterocycles. The molecule has 0 spiro atoms. The monoisotopic (exact) mass is 309 g/mol. The fraction of sp³-hybridized carbons (Fsp3) is 0.0714. The molecule has 2 aromatic rings. The number of anilines is 1. The Hall–Kier alpha value is -2.38. The fourth-order valence-electron chi connectivity index (χ4n) is 1.35. The van der Waals surface area contributed by atoms with E-state index in [4.69, 9.17) is 9.66 Å². The van der Waals surface area contributed by atoms with Crippen molar-refractivity contribution in [2.45, 2.75) is 6.92 Å². The largest absolute Gasteiger partial charge is 0.478 e. The molecule has 6 nitrogen and oxygen atoms in total. The summed E-state index contributed by atoms with van der Waals surface area (Å²) < 4.78 is 30.7. The van der Waals surface area contributed by atoms with Gasteiger partial charge in [-0.25, -0.2) is 4.79 Å². The molecule has 0 aliphatic rings. The van der Waals surface area contributed by atoms with Crippen LogP contribution in [0.5, 0.6) is 0 Å². The van der Waals surface area contributed by atoms with E-state index in [1.165, 1.54) is 12.1 Å². The fourth-order valence-corrected chi connectivity index (χ4v) is 1.79. The minimum atomic E-state index is -4.13. The highest BCUT2D eigenvalue weighted by molar-refractivity contribution is 7.87. The Labute approximate surface area is 122 Å². The first-order valence-electron chi connectivity index (χ1n) is 5.88. The second-order valence-electron chi connectivity index (χ2n) is 4.11.